The Labute approximate surface area is 90.7 Å². The van der Waals surface area contributed by atoms with E-state index in [0.717, 1.165) is 0 Å². The fourth-order valence-corrected chi connectivity index (χ4v) is 2.21. The van der Waals surface area contributed by atoms with Gasteiger partial charge in [-0.1, -0.05) is 18.2 Å². The molecule has 0 unspecified atom stereocenters. The SMILES string of the molecule is CNC(C)(C)c1c(C)[nH]c2ccccc12. The van der Waals surface area contributed by atoms with Gasteiger partial charge >= 0.3 is 0 Å². The lowest BCUT2D eigenvalue weighted by Crippen LogP contribution is -2.33. The summed E-state index contributed by atoms with van der Waals surface area (Å²) in [7, 11) is 2.00. The van der Waals surface area contributed by atoms with Crippen molar-refractivity contribution in [1.82, 2.24) is 10.3 Å². The lowest BCUT2D eigenvalue weighted by atomic mass is 9.92. The summed E-state index contributed by atoms with van der Waals surface area (Å²) >= 11 is 0. The topological polar surface area (TPSA) is 27.8 Å². The Balaban J connectivity index is 2.74. The van der Waals surface area contributed by atoms with E-state index in [1.807, 2.05) is 7.05 Å². The molecule has 2 N–H and O–H groups in total. The predicted octanol–water partition coefficient (Wildman–Crippen LogP) is 2.93. The molecular formula is C13H18N2. The minimum Gasteiger partial charge on any atom is -0.358 e. The number of H-pyrrole nitrogens is 1. The van der Waals surface area contributed by atoms with Gasteiger partial charge in [0, 0.05) is 22.1 Å². The van der Waals surface area contributed by atoms with Gasteiger partial charge in [-0.15, -0.1) is 0 Å². The molecule has 0 aliphatic heterocycles. The maximum atomic E-state index is 3.43. The molecule has 0 bridgehead atoms. The minimum atomic E-state index is 0.00366. The van der Waals surface area contributed by atoms with Gasteiger partial charge in [-0.3, -0.25) is 0 Å². The van der Waals surface area contributed by atoms with Crippen molar-refractivity contribution in [2.45, 2.75) is 26.3 Å². The van der Waals surface area contributed by atoms with E-state index in [0.29, 0.717) is 0 Å². The van der Waals surface area contributed by atoms with Gasteiger partial charge in [0.1, 0.15) is 0 Å². The minimum absolute atomic E-state index is 0.00366. The number of fused-ring (bicyclic) bond motifs is 1. The third-order valence-corrected chi connectivity index (χ3v) is 3.14. The fraction of sp³-hybridized carbons (Fsp3) is 0.385. The van der Waals surface area contributed by atoms with Gasteiger partial charge < -0.3 is 10.3 Å². The van der Waals surface area contributed by atoms with E-state index in [1.54, 1.807) is 0 Å². The molecule has 1 heterocycles. The number of nitrogens with one attached hydrogen (secondary N) is 2. The fourth-order valence-electron chi connectivity index (χ4n) is 2.21. The summed E-state index contributed by atoms with van der Waals surface area (Å²) in [5.41, 5.74) is 3.83. The second-order valence-electron chi connectivity index (χ2n) is 4.55. The smallest absolute Gasteiger partial charge is 0.0459 e. The van der Waals surface area contributed by atoms with E-state index < -0.39 is 0 Å². The Bertz CT molecular complexity index is 480. The molecule has 0 aliphatic carbocycles. The molecule has 0 saturated heterocycles. The molecule has 0 radical (unpaired) electrons. The highest BCUT2D eigenvalue weighted by atomic mass is 14.9. The van der Waals surface area contributed by atoms with Gasteiger partial charge in [-0.25, -0.2) is 0 Å². The number of aromatic nitrogens is 1. The summed E-state index contributed by atoms with van der Waals surface area (Å²) in [6.45, 7) is 6.54. The summed E-state index contributed by atoms with van der Waals surface area (Å²) in [4.78, 5) is 3.43. The third kappa shape index (κ3) is 1.55. The van der Waals surface area contributed by atoms with Crippen LogP contribution in [0.1, 0.15) is 25.1 Å². The van der Waals surface area contributed by atoms with Crippen molar-refractivity contribution in [3.8, 4) is 0 Å². The Kier molecular flexibility index (Phi) is 2.31. The molecule has 0 saturated carbocycles. The average molecular weight is 202 g/mol. The van der Waals surface area contributed by atoms with Gasteiger partial charge in [-0.05, 0) is 39.4 Å². The van der Waals surface area contributed by atoms with E-state index in [1.165, 1.54) is 22.2 Å². The molecule has 15 heavy (non-hydrogen) atoms. The largest absolute Gasteiger partial charge is 0.358 e. The molecule has 2 aromatic rings. The van der Waals surface area contributed by atoms with E-state index in [-0.39, 0.29) is 5.54 Å². The average Bonchev–Trinajstić information content (AvgIpc) is 2.54. The lowest BCUT2D eigenvalue weighted by molar-refractivity contribution is 0.446. The van der Waals surface area contributed by atoms with Crippen LogP contribution in [0.3, 0.4) is 0 Å². The molecule has 2 nitrogen and oxygen atoms in total. The molecule has 0 atom stereocenters. The molecule has 80 valence electrons. The van der Waals surface area contributed by atoms with Crippen LogP contribution in [0.4, 0.5) is 0 Å². The highest BCUT2D eigenvalue weighted by Crippen LogP contribution is 2.31. The molecule has 1 aromatic heterocycles. The molecule has 0 spiro atoms. The van der Waals surface area contributed by atoms with Crippen LogP contribution in [0.5, 0.6) is 0 Å². The van der Waals surface area contributed by atoms with Crippen molar-refractivity contribution in [2.24, 2.45) is 0 Å². The Hall–Kier alpha value is -1.28. The van der Waals surface area contributed by atoms with Gasteiger partial charge in [0.2, 0.25) is 0 Å². The quantitative estimate of drug-likeness (QED) is 0.770. The number of hydrogen-bond acceptors (Lipinski definition) is 1. The normalized spacial score (nSPS) is 12.3. The summed E-state index contributed by atoms with van der Waals surface area (Å²) in [6.07, 6.45) is 0. The Morgan fingerprint density at radius 1 is 1.20 bits per heavy atom. The maximum absolute atomic E-state index is 3.43. The first-order valence-corrected chi connectivity index (χ1v) is 5.33. The standard InChI is InChI=1S/C13H18N2/c1-9-12(13(2,3)14-4)10-7-5-6-8-11(10)15-9/h5-8,14-15H,1-4H3. The first kappa shape index (κ1) is 10.2. The summed E-state index contributed by atoms with van der Waals surface area (Å²) in [5.74, 6) is 0. The second kappa shape index (κ2) is 3.38. The highest BCUT2D eigenvalue weighted by Gasteiger charge is 2.23. The molecule has 1 aromatic carbocycles. The molecule has 2 heteroatoms. The van der Waals surface area contributed by atoms with Crippen molar-refractivity contribution in [2.75, 3.05) is 7.05 Å². The number of aromatic amines is 1. The van der Waals surface area contributed by atoms with Gasteiger partial charge in [0.15, 0.2) is 0 Å². The number of para-hydroxylation sites is 1. The molecule has 0 fully saturated rings. The van der Waals surface area contributed by atoms with Crippen LogP contribution < -0.4 is 5.32 Å². The third-order valence-electron chi connectivity index (χ3n) is 3.14. The van der Waals surface area contributed by atoms with Gasteiger partial charge in [0.05, 0.1) is 0 Å². The van der Waals surface area contributed by atoms with Crippen molar-refractivity contribution in [3.05, 3.63) is 35.5 Å². The summed E-state index contributed by atoms with van der Waals surface area (Å²) in [5, 5.41) is 4.67. The number of benzene rings is 1. The van der Waals surface area contributed by atoms with E-state index in [9.17, 15) is 0 Å². The maximum Gasteiger partial charge on any atom is 0.0459 e. The van der Waals surface area contributed by atoms with E-state index >= 15 is 0 Å². The van der Waals surface area contributed by atoms with Crippen LogP contribution in [-0.4, -0.2) is 12.0 Å². The van der Waals surface area contributed by atoms with Crippen molar-refractivity contribution in [3.63, 3.8) is 0 Å². The molecule has 2 rings (SSSR count). The lowest BCUT2D eigenvalue weighted by Gasteiger charge is -2.25. The number of hydrogen-bond donors (Lipinski definition) is 2. The molecule has 0 aliphatic rings. The number of rotatable bonds is 2. The van der Waals surface area contributed by atoms with Gasteiger partial charge in [0.25, 0.3) is 0 Å². The van der Waals surface area contributed by atoms with Crippen LogP contribution in [0.15, 0.2) is 24.3 Å². The zero-order chi connectivity index (χ0) is 11.1. The van der Waals surface area contributed by atoms with Crippen LogP contribution >= 0.6 is 0 Å². The highest BCUT2D eigenvalue weighted by molar-refractivity contribution is 5.85. The second-order valence-corrected chi connectivity index (χ2v) is 4.55. The Morgan fingerprint density at radius 3 is 2.53 bits per heavy atom. The van der Waals surface area contributed by atoms with Crippen molar-refractivity contribution >= 4 is 10.9 Å². The summed E-state index contributed by atoms with van der Waals surface area (Å²) < 4.78 is 0. The van der Waals surface area contributed by atoms with E-state index in [2.05, 4.69) is 55.3 Å². The monoisotopic (exact) mass is 202 g/mol. The van der Waals surface area contributed by atoms with Crippen molar-refractivity contribution in [1.29, 1.82) is 0 Å². The van der Waals surface area contributed by atoms with Crippen LogP contribution in [0.25, 0.3) is 10.9 Å². The van der Waals surface area contributed by atoms with E-state index in [4.69, 9.17) is 0 Å². The predicted molar refractivity (Wildman–Crippen MR) is 65.1 cm³/mol. The number of aryl methyl sites for hydroxylation is 1. The van der Waals surface area contributed by atoms with Crippen LogP contribution in [-0.2, 0) is 5.54 Å². The first-order valence-electron chi connectivity index (χ1n) is 5.33. The van der Waals surface area contributed by atoms with Crippen molar-refractivity contribution < 1.29 is 0 Å². The molecule has 0 amide bonds. The summed E-state index contributed by atoms with van der Waals surface area (Å²) in [6, 6.07) is 8.45. The zero-order valence-electron chi connectivity index (χ0n) is 9.81. The molecular weight excluding hydrogens is 184 g/mol. The Morgan fingerprint density at radius 2 is 1.87 bits per heavy atom. The van der Waals surface area contributed by atoms with Crippen LogP contribution in [0, 0.1) is 6.92 Å². The van der Waals surface area contributed by atoms with Crippen LogP contribution in [0.2, 0.25) is 0 Å². The van der Waals surface area contributed by atoms with Gasteiger partial charge in [-0.2, -0.15) is 0 Å². The zero-order valence-corrected chi connectivity index (χ0v) is 9.81. The first-order chi connectivity index (χ1) is 7.06.